The van der Waals surface area contributed by atoms with Gasteiger partial charge < -0.3 is 10.5 Å². The monoisotopic (exact) mass is 337 g/mol. The third-order valence-electron chi connectivity index (χ3n) is 3.73. The number of halogens is 2. The Balaban J connectivity index is 2.22. The van der Waals surface area contributed by atoms with E-state index in [4.69, 9.17) is 22.1 Å². The van der Waals surface area contributed by atoms with Crippen LogP contribution in [-0.4, -0.2) is 12.2 Å². The molecule has 96 valence electrons. The smallest absolute Gasteiger partial charge is 0.107 e. The molecule has 1 fully saturated rings. The number of hydrogen-bond acceptors (Lipinski definition) is 3. The molecule has 0 spiro atoms. The minimum absolute atomic E-state index is 0.00116. The highest BCUT2D eigenvalue weighted by Crippen LogP contribution is 2.43. The van der Waals surface area contributed by atoms with Crippen molar-refractivity contribution < 1.29 is 4.74 Å². The molecule has 0 saturated carbocycles. The standard InChI is InChI=1S/C12H17BrClNOS/c1-5-6(2)16-7(3)10(5)11(15)9-4-8(13)12(14)17-9/h4-7,10-11H,15H2,1-3H3. The average Bonchev–Trinajstić information content (AvgIpc) is 2.70. The summed E-state index contributed by atoms with van der Waals surface area (Å²) in [4.78, 5) is 1.13. The van der Waals surface area contributed by atoms with Crippen molar-refractivity contribution in [3.05, 3.63) is 19.8 Å². The first-order valence-electron chi connectivity index (χ1n) is 5.77. The quantitative estimate of drug-likeness (QED) is 0.876. The SMILES string of the molecule is CC1OC(C)C(C(N)c2cc(Br)c(Cl)s2)C1C. The molecule has 1 aromatic rings. The van der Waals surface area contributed by atoms with Crippen molar-refractivity contribution in [1.29, 1.82) is 0 Å². The van der Waals surface area contributed by atoms with Gasteiger partial charge in [-0.05, 0) is 41.8 Å². The first kappa shape index (κ1) is 13.8. The summed E-state index contributed by atoms with van der Waals surface area (Å²) in [6.45, 7) is 6.43. The molecule has 2 rings (SSSR count). The van der Waals surface area contributed by atoms with Crippen LogP contribution in [0.2, 0.25) is 4.34 Å². The largest absolute Gasteiger partial charge is 0.375 e. The van der Waals surface area contributed by atoms with Gasteiger partial charge in [-0.3, -0.25) is 0 Å². The molecule has 2 N–H and O–H groups in total. The minimum atomic E-state index is -0.00116. The van der Waals surface area contributed by atoms with E-state index in [1.807, 2.05) is 6.07 Å². The predicted molar refractivity (Wildman–Crippen MR) is 76.6 cm³/mol. The second-order valence-corrected chi connectivity index (χ2v) is 7.32. The Morgan fingerprint density at radius 1 is 1.41 bits per heavy atom. The molecule has 5 unspecified atom stereocenters. The van der Waals surface area contributed by atoms with Gasteiger partial charge in [0.05, 0.1) is 12.2 Å². The van der Waals surface area contributed by atoms with E-state index in [0.29, 0.717) is 11.8 Å². The highest BCUT2D eigenvalue weighted by Gasteiger charge is 2.41. The van der Waals surface area contributed by atoms with E-state index in [-0.39, 0.29) is 18.2 Å². The lowest BCUT2D eigenvalue weighted by molar-refractivity contribution is 0.0490. The van der Waals surface area contributed by atoms with Crippen LogP contribution in [0.3, 0.4) is 0 Å². The molecule has 0 bridgehead atoms. The Hall–Kier alpha value is 0.390. The van der Waals surface area contributed by atoms with Crippen LogP contribution in [0.1, 0.15) is 31.7 Å². The third-order valence-corrected chi connectivity index (χ3v) is 6.30. The Labute approximate surface area is 120 Å². The molecule has 5 atom stereocenters. The molecule has 0 aliphatic carbocycles. The second-order valence-electron chi connectivity index (χ2n) is 4.78. The Morgan fingerprint density at radius 3 is 2.47 bits per heavy atom. The molecule has 0 radical (unpaired) electrons. The molecule has 2 nitrogen and oxygen atoms in total. The Kier molecular flexibility index (Phi) is 4.20. The normalized spacial score (nSPS) is 35.2. The van der Waals surface area contributed by atoms with Gasteiger partial charge in [-0.1, -0.05) is 18.5 Å². The van der Waals surface area contributed by atoms with E-state index < -0.39 is 0 Å². The lowest BCUT2D eigenvalue weighted by Gasteiger charge is -2.24. The van der Waals surface area contributed by atoms with E-state index in [9.17, 15) is 0 Å². The summed E-state index contributed by atoms with van der Waals surface area (Å²) in [5, 5.41) is 0. The van der Waals surface area contributed by atoms with E-state index >= 15 is 0 Å². The van der Waals surface area contributed by atoms with Crippen molar-refractivity contribution in [2.75, 3.05) is 0 Å². The average molecular weight is 339 g/mol. The fraction of sp³-hybridized carbons (Fsp3) is 0.667. The molecular weight excluding hydrogens is 322 g/mol. The number of thiophene rings is 1. The highest BCUT2D eigenvalue weighted by molar-refractivity contribution is 9.10. The molecule has 17 heavy (non-hydrogen) atoms. The second kappa shape index (κ2) is 5.17. The summed E-state index contributed by atoms with van der Waals surface area (Å²) >= 11 is 11.0. The van der Waals surface area contributed by atoms with Crippen LogP contribution >= 0.6 is 38.9 Å². The van der Waals surface area contributed by atoms with Gasteiger partial charge in [-0.2, -0.15) is 0 Å². The zero-order valence-corrected chi connectivity index (χ0v) is 13.3. The van der Waals surface area contributed by atoms with E-state index in [0.717, 1.165) is 13.7 Å². The van der Waals surface area contributed by atoms with Crippen LogP contribution < -0.4 is 5.73 Å². The maximum absolute atomic E-state index is 6.38. The third kappa shape index (κ3) is 2.56. The number of nitrogens with two attached hydrogens (primary N) is 1. The molecular formula is C12H17BrClNOS. The van der Waals surface area contributed by atoms with Gasteiger partial charge in [0.1, 0.15) is 4.34 Å². The maximum atomic E-state index is 6.38. The lowest BCUT2D eigenvalue weighted by atomic mass is 9.83. The van der Waals surface area contributed by atoms with Crippen LogP contribution in [-0.2, 0) is 4.74 Å². The molecule has 0 aromatic carbocycles. The highest BCUT2D eigenvalue weighted by atomic mass is 79.9. The van der Waals surface area contributed by atoms with Crippen molar-refractivity contribution in [1.82, 2.24) is 0 Å². The first-order valence-corrected chi connectivity index (χ1v) is 7.76. The zero-order valence-electron chi connectivity index (χ0n) is 10.1. The fourth-order valence-electron chi connectivity index (χ4n) is 2.63. The molecule has 5 heteroatoms. The maximum Gasteiger partial charge on any atom is 0.107 e. The van der Waals surface area contributed by atoms with Gasteiger partial charge in [0.15, 0.2) is 0 Å². The first-order chi connectivity index (χ1) is 7.91. The number of hydrogen-bond donors (Lipinski definition) is 1. The number of ether oxygens (including phenoxy) is 1. The van der Waals surface area contributed by atoms with Crippen LogP contribution in [0.25, 0.3) is 0 Å². The van der Waals surface area contributed by atoms with Crippen LogP contribution in [0.5, 0.6) is 0 Å². The van der Waals surface area contributed by atoms with Crippen LogP contribution in [0, 0.1) is 11.8 Å². The van der Waals surface area contributed by atoms with Crippen molar-refractivity contribution in [3.63, 3.8) is 0 Å². The van der Waals surface area contributed by atoms with Gasteiger partial charge in [0.2, 0.25) is 0 Å². The summed E-state index contributed by atoms with van der Waals surface area (Å²) in [5.74, 6) is 0.825. The van der Waals surface area contributed by atoms with Gasteiger partial charge in [0, 0.05) is 21.3 Å². The summed E-state index contributed by atoms with van der Waals surface area (Å²) in [6.07, 6.45) is 0.481. The van der Waals surface area contributed by atoms with Crippen molar-refractivity contribution in [2.24, 2.45) is 17.6 Å². The van der Waals surface area contributed by atoms with Gasteiger partial charge >= 0.3 is 0 Å². The Morgan fingerprint density at radius 2 is 2.06 bits per heavy atom. The zero-order chi connectivity index (χ0) is 12.7. The molecule has 2 heterocycles. The van der Waals surface area contributed by atoms with E-state index in [1.165, 1.54) is 0 Å². The minimum Gasteiger partial charge on any atom is -0.375 e. The molecule has 1 aliphatic rings. The molecule has 1 aromatic heterocycles. The van der Waals surface area contributed by atoms with Crippen molar-refractivity contribution in [2.45, 2.75) is 39.0 Å². The molecule has 1 aliphatic heterocycles. The van der Waals surface area contributed by atoms with E-state index in [2.05, 4.69) is 36.7 Å². The summed E-state index contributed by atoms with van der Waals surface area (Å²) in [7, 11) is 0. The lowest BCUT2D eigenvalue weighted by Crippen LogP contribution is -2.30. The molecule has 1 saturated heterocycles. The number of rotatable bonds is 2. The van der Waals surface area contributed by atoms with Gasteiger partial charge in [-0.25, -0.2) is 0 Å². The predicted octanol–water partition coefficient (Wildman–Crippen LogP) is 4.22. The summed E-state index contributed by atoms with van der Waals surface area (Å²) in [6, 6.07) is 2.03. The van der Waals surface area contributed by atoms with Gasteiger partial charge in [0.25, 0.3) is 0 Å². The van der Waals surface area contributed by atoms with Crippen LogP contribution in [0.4, 0.5) is 0 Å². The summed E-state index contributed by atoms with van der Waals surface area (Å²) < 4.78 is 7.54. The fourth-order valence-corrected chi connectivity index (χ4v) is 4.43. The van der Waals surface area contributed by atoms with Crippen LogP contribution in [0.15, 0.2) is 10.5 Å². The van der Waals surface area contributed by atoms with E-state index in [1.54, 1.807) is 11.3 Å². The Bertz CT molecular complexity index is 392. The summed E-state index contributed by atoms with van der Waals surface area (Å²) in [5.41, 5.74) is 6.38. The molecule has 0 amide bonds. The van der Waals surface area contributed by atoms with Crippen molar-refractivity contribution in [3.8, 4) is 0 Å². The topological polar surface area (TPSA) is 35.2 Å². The van der Waals surface area contributed by atoms with Crippen molar-refractivity contribution >= 4 is 38.9 Å². The van der Waals surface area contributed by atoms with Gasteiger partial charge in [-0.15, -0.1) is 11.3 Å².